The molecule has 3 heterocycles. The van der Waals surface area contributed by atoms with E-state index in [2.05, 4.69) is 26.8 Å². The van der Waals surface area contributed by atoms with Crippen LogP contribution in [-0.4, -0.2) is 54.0 Å². The molecule has 0 radical (unpaired) electrons. The summed E-state index contributed by atoms with van der Waals surface area (Å²) >= 11 is 0. The van der Waals surface area contributed by atoms with E-state index in [1.54, 1.807) is 13.2 Å². The zero-order valence-electron chi connectivity index (χ0n) is 12.2. The minimum atomic E-state index is 0.0329. The number of morpholine rings is 1. The Hall–Kier alpha value is -1.99. The molecule has 1 aliphatic rings. The molecule has 112 valence electrons. The number of ether oxygens (including phenoxy) is 2. The van der Waals surface area contributed by atoms with E-state index in [1.165, 1.54) is 6.33 Å². The Bertz CT molecular complexity index is 636. The van der Waals surface area contributed by atoms with Crippen LogP contribution in [0.4, 0.5) is 11.6 Å². The fraction of sp³-hybridized carbons (Fsp3) is 0.500. The molecular formula is C14H19N5O2. The average Bonchev–Trinajstić information content (AvgIpc) is 2.46. The Balaban J connectivity index is 1.95. The van der Waals surface area contributed by atoms with E-state index in [-0.39, 0.29) is 12.2 Å². The number of hydrogen-bond acceptors (Lipinski definition) is 7. The zero-order chi connectivity index (χ0) is 14.8. The lowest BCUT2D eigenvalue weighted by Gasteiger charge is -2.37. The Morgan fingerprint density at radius 3 is 3.05 bits per heavy atom. The highest BCUT2D eigenvalue weighted by atomic mass is 16.5. The van der Waals surface area contributed by atoms with Gasteiger partial charge < -0.3 is 20.1 Å². The second kappa shape index (κ2) is 5.79. The summed E-state index contributed by atoms with van der Waals surface area (Å²) in [5.74, 6) is 1.32. The van der Waals surface area contributed by atoms with Crippen LogP contribution in [0.3, 0.4) is 0 Å². The summed E-state index contributed by atoms with van der Waals surface area (Å²) in [5.41, 5.74) is 6.33. The van der Waals surface area contributed by atoms with Gasteiger partial charge in [-0.2, -0.15) is 0 Å². The molecular weight excluding hydrogens is 270 g/mol. The normalized spacial score (nSPS) is 22.7. The number of fused-ring (bicyclic) bond motifs is 1. The molecule has 1 aliphatic heterocycles. The molecule has 2 unspecified atom stereocenters. The van der Waals surface area contributed by atoms with Gasteiger partial charge in [0.15, 0.2) is 5.65 Å². The highest BCUT2D eigenvalue weighted by Gasteiger charge is 2.27. The van der Waals surface area contributed by atoms with E-state index < -0.39 is 0 Å². The molecule has 3 rings (SSSR count). The van der Waals surface area contributed by atoms with Crippen molar-refractivity contribution in [2.24, 2.45) is 0 Å². The van der Waals surface area contributed by atoms with Crippen molar-refractivity contribution in [2.75, 3.05) is 37.4 Å². The van der Waals surface area contributed by atoms with Crippen LogP contribution < -0.4 is 10.6 Å². The molecule has 7 nitrogen and oxygen atoms in total. The van der Waals surface area contributed by atoms with Crippen LogP contribution in [0, 0.1) is 0 Å². The van der Waals surface area contributed by atoms with Crippen LogP contribution in [-0.2, 0) is 9.47 Å². The quantitative estimate of drug-likeness (QED) is 0.896. The molecule has 2 N–H and O–H groups in total. The first-order valence-electron chi connectivity index (χ1n) is 6.94. The third-order valence-corrected chi connectivity index (χ3v) is 3.48. The summed E-state index contributed by atoms with van der Waals surface area (Å²) in [7, 11) is 1.68. The first-order chi connectivity index (χ1) is 10.2. The zero-order valence-corrected chi connectivity index (χ0v) is 12.2. The number of methoxy groups -OCH3 is 1. The second-order valence-corrected chi connectivity index (χ2v) is 5.23. The number of nitrogen functional groups attached to an aromatic ring is 1. The van der Waals surface area contributed by atoms with Crippen LogP contribution in [0.25, 0.3) is 11.0 Å². The highest BCUT2D eigenvalue weighted by Crippen LogP contribution is 2.25. The maximum absolute atomic E-state index is 5.86. The SMILES string of the molecule is COCC1CN(c2ncnc3nc(N)ccc23)CC(C)O1. The van der Waals surface area contributed by atoms with E-state index in [0.717, 1.165) is 24.3 Å². The summed E-state index contributed by atoms with van der Waals surface area (Å²) in [4.78, 5) is 15.1. The van der Waals surface area contributed by atoms with Crippen LogP contribution in [0.5, 0.6) is 0 Å². The molecule has 0 aromatic carbocycles. The van der Waals surface area contributed by atoms with Gasteiger partial charge in [-0.25, -0.2) is 15.0 Å². The maximum Gasteiger partial charge on any atom is 0.166 e. The van der Waals surface area contributed by atoms with Gasteiger partial charge in [0.05, 0.1) is 24.2 Å². The van der Waals surface area contributed by atoms with Gasteiger partial charge >= 0.3 is 0 Å². The van der Waals surface area contributed by atoms with Gasteiger partial charge in [0.25, 0.3) is 0 Å². The van der Waals surface area contributed by atoms with E-state index in [9.17, 15) is 0 Å². The smallest absolute Gasteiger partial charge is 0.166 e. The summed E-state index contributed by atoms with van der Waals surface area (Å²) < 4.78 is 11.1. The topological polar surface area (TPSA) is 86.4 Å². The van der Waals surface area contributed by atoms with Crippen LogP contribution >= 0.6 is 0 Å². The van der Waals surface area contributed by atoms with E-state index >= 15 is 0 Å². The predicted octanol–water partition coefficient (Wildman–Crippen LogP) is 0.847. The van der Waals surface area contributed by atoms with Crippen molar-refractivity contribution in [2.45, 2.75) is 19.1 Å². The Labute approximate surface area is 123 Å². The lowest BCUT2D eigenvalue weighted by atomic mass is 10.2. The van der Waals surface area contributed by atoms with Gasteiger partial charge in [0, 0.05) is 20.2 Å². The van der Waals surface area contributed by atoms with Gasteiger partial charge in [-0.3, -0.25) is 0 Å². The van der Waals surface area contributed by atoms with Crippen molar-refractivity contribution in [3.63, 3.8) is 0 Å². The number of anilines is 2. The van der Waals surface area contributed by atoms with E-state index in [1.807, 2.05) is 6.07 Å². The largest absolute Gasteiger partial charge is 0.384 e. The van der Waals surface area contributed by atoms with Crippen molar-refractivity contribution < 1.29 is 9.47 Å². The number of pyridine rings is 1. The molecule has 21 heavy (non-hydrogen) atoms. The molecule has 0 saturated carbocycles. The monoisotopic (exact) mass is 289 g/mol. The Morgan fingerprint density at radius 1 is 1.38 bits per heavy atom. The minimum absolute atomic E-state index is 0.0329. The summed E-state index contributed by atoms with van der Waals surface area (Å²) in [6, 6.07) is 3.68. The summed E-state index contributed by atoms with van der Waals surface area (Å²) in [6.07, 6.45) is 1.67. The Morgan fingerprint density at radius 2 is 2.24 bits per heavy atom. The standard InChI is InChI=1S/C14H19N5O2/c1-9-5-19(6-10(21-9)7-20-2)14-11-3-4-12(15)18-13(11)16-8-17-14/h3-4,8-10H,5-7H2,1-2H3,(H2,15,16,17,18). The lowest BCUT2D eigenvalue weighted by molar-refractivity contribution is -0.0512. The number of nitrogens with zero attached hydrogens (tertiary/aromatic N) is 4. The van der Waals surface area contributed by atoms with Crippen molar-refractivity contribution in [3.8, 4) is 0 Å². The molecule has 0 aliphatic carbocycles. The molecule has 2 aromatic heterocycles. The predicted molar refractivity (Wildman–Crippen MR) is 80.2 cm³/mol. The first-order valence-corrected chi connectivity index (χ1v) is 6.94. The van der Waals surface area contributed by atoms with Crippen molar-refractivity contribution in [1.29, 1.82) is 0 Å². The first kappa shape index (κ1) is 14.0. The van der Waals surface area contributed by atoms with E-state index in [0.29, 0.717) is 18.1 Å². The van der Waals surface area contributed by atoms with Gasteiger partial charge in [-0.15, -0.1) is 0 Å². The number of aromatic nitrogens is 3. The molecule has 7 heteroatoms. The van der Waals surface area contributed by atoms with Crippen molar-refractivity contribution >= 4 is 22.7 Å². The molecule has 1 saturated heterocycles. The number of nitrogens with two attached hydrogens (primary N) is 1. The van der Waals surface area contributed by atoms with Gasteiger partial charge in [-0.1, -0.05) is 0 Å². The van der Waals surface area contributed by atoms with Crippen molar-refractivity contribution in [1.82, 2.24) is 15.0 Å². The minimum Gasteiger partial charge on any atom is -0.384 e. The third-order valence-electron chi connectivity index (χ3n) is 3.48. The molecule has 2 atom stereocenters. The van der Waals surface area contributed by atoms with E-state index in [4.69, 9.17) is 15.2 Å². The van der Waals surface area contributed by atoms with Gasteiger partial charge in [0.2, 0.25) is 0 Å². The fourth-order valence-corrected chi connectivity index (χ4v) is 2.69. The van der Waals surface area contributed by atoms with Crippen LogP contribution in [0.1, 0.15) is 6.92 Å². The third kappa shape index (κ3) is 2.88. The highest BCUT2D eigenvalue weighted by molar-refractivity contribution is 5.87. The van der Waals surface area contributed by atoms with Gasteiger partial charge in [0.1, 0.15) is 18.0 Å². The van der Waals surface area contributed by atoms with Crippen molar-refractivity contribution in [3.05, 3.63) is 18.5 Å². The molecule has 0 bridgehead atoms. The average molecular weight is 289 g/mol. The Kier molecular flexibility index (Phi) is 3.85. The number of hydrogen-bond donors (Lipinski definition) is 1. The lowest BCUT2D eigenvalue weighted by Crippen LogP contribution is -2.48. The van der Waals surface area contributed by atoms with Crippen LogP contribution in [0.2, 0.25) is 0 Å². The van der Waals surface area contributed by atoms with Crippen LogP contribution in [0.15, 0.2) is 18.5 Å². The fourth-order valence-electron chi connectivity index (χ4n) is 2.69. The molecule has 0 amide bonds. The molecule has 0 spiro atoms. The summed E-state index contributed by atoms with van der Waals surface area (Å²) in [6.45, 7) is 4.12. The number of rotatable bonds is 3. The van der Waals surface area contributed by atoms with Gasteiger partial charge in [-0.05, 0) is 19.1 Å². The second-order valence-electron chi connectivity index (χ2n) is 5.23. The molecule has 2 aromatic rings. The maximum atomic E-state index is 5.86. The summed E-state index contributed by atoms with van der Waals surface area (Å²) in [5, 5.41) is 0.900. The molecule has 1 fully saturated rings.